The van der Waals surface area contributed by atoms with E-state index in [4.69, 9.17) is 14.3 Å². The summed E-state index contributed by atoms with van der Waals surface area (Å²) >= 11 is 0. The molecule has 0 atom stereocenters. The maximum atomic E-state index is 11.4. The molecule has 0 fully saturated rings. The van der Waals surface area contributed by atoms with Crippen LogP contribution < -0.4 is 10.6 Å². The number of aromatic nitrogens is 2. The molecule has 1 amide bonds. The highest BCUT2D eigenvalue weighted by molar-refractivity contribution is 5.90. The zero-order valence-corrected chi connectivity index (χ0v) is 18.2. The van der Waals surface area contributed by atoms with Crippen molar-refractivity contribution in [2.45, 2.75) is 39.8 Å². The summed E-state index contributed by atoms with van der Waals surface area (Å²) in [6.45, 7) is 10.1. The number of carbonyl (C=O) groups is 2. The molecule has 0 unspecified atom stereocenters. The molecule has 0 aliphatic heterocycles. The molecule has 9 nitrogen and oxygen atoms in total. The van der Waals surface area contributed by atoms with Gasteiger partial charge in [0.1, 0.15) is 0 Å². The van der Waals surface area contributed by atoms with E-state index in [0.717, 1.165) is 43.9 Å². The quantitative estimate of drug-likeness (QED) is 0.458. The van der Waals surface area contributed by atoms with Gasteiger partial charge in [-0.1, -0.05) is 25.9 Å². The van der Waals surface area contributed by atoms with Crippen LogP contribution in [0, 0.1) is 0 Å². The average molecular weight is 459 g/mol. The number of amides is 1. The smallest absolute Gasteiger partial charge is 0.475 e. The zero-order valence-electron chi connectivity index (χ0n) is 18.2. The Morgan fingerprint density at radius 3 is 2.19 bits per heavy atom. The molecule has 178 valence electrons. The van der Waals surface area contributed by atoms with Gasteiger partial charge in [-0.3, -0.25) is 4.79 Å². The van der Waals surface area contributed by atoms with Gasteiger partial charge in [-0.2, -0.15) is 13.2 Å². The molecule has 0 aliphatic carbocycles. The Bertz CT molecular complexity index is 837. The molecule has 0 saturated heterocycles. The molecule has 1 heterocycles. The summed E-state index contributed by atoms with van der Waals surface area (Å²) in [7, 11) is 0. The van der Waals surface area contributed by atoms with Crippen LogP contribution in [0.25, 0.3) is 11.5 Å². The lowest BCUT2D eigenvalue weighted by Crippen LogP contribution is -2.25. The van der Waals surface area contributed by atoms with Gasteiger partial charge in [0.25, 0.3) is 0 Å². The van der Waals surface area contributed by atoms with E-state index in [9.17, 15) is 18.0 Å². The summed E-state index contributed by atoms with van der Waals surface area (Å²) in [6.07, 6.45) is -3.61. The highest BCUT2D eigenvalue weighted by atomic mass is 19.4. The van der Waals surface area contributed by atoms with Gasteiger partial charge in [-0.25, -0.2) is 4.79 Å². The number of carbonyl (C=O) groups excluding carboxylic acids is 1. The number of benzene rings is 1. The highest BCUT2D eigenvalue weighted by Crippen LogP contribution is 2.21. The van der Waals surface area contributed by atoms with E-state index in [-0.39, 0.29) is 5.91 Å². The number of hydrogen-bond acceptors (Lipinski definition) is 7. The molecule has 12 heteroatoms. The first-order valence-corrected chi connectivity index (χ1v) is 10.1. The maximum absolute atomic E-state index is 11.4. The van der Waals surface area contributed by atoms with Crippen LogP contribution in [0.1, 0.15) is 33.6 Å². The van der Waals surface area contributed by atoms with Gasteiger partial charge in [0.2, 0.25) is 11.8 Å². The normalized spacial score (nSPS) is 11.0. The lowest BCUT2D eigenvalue weighted by atomic mass is 10.2. The topological polar surface area (TPSA) is 121 Å². The zero-order chi connectivity index (χ0) is 24.1. The van der Waals surface area contributed by atoms with Gasteiger partial charge in [-0.15, -0.1) is 5.10 Å². The molecule has 32 heavy (non-hydrogen) atoms. The number of halogens is 3. The van der Waals surface area contributed by atoms with Crippen molar-refractivity contribution < 1.29 is 32.3 Å². The minimum atomic E-state index is -5.08. The fourth-order valence-corrected chi connectivity index (χ4v) is 2.39. The number of nitrogens with one attached hydrogen (secondary N) is 2. The van der Waals surface area contributed by atoms with Crippen molar-refractivity contribution >= 4 is 23.6 Å². The third kappa shape index (κ3) is 9.77. The van der Waals surface area contributed by atoms with Crippen molar-refractivity contribution in [2.75, 3.05) is 36.8 Å². The number of rotatable bonds is 10. The standard InChI is InChI=1S/C18H27N5O2.C2HF3O2/c1-4-16(24)20-15-10-8-14(9-11-15)17-21-22-18(25-17)19-12-7-13-23(5-2)6-3;3-2(4,5)1(6)7/h8-11H,4-7,12-13H2,1-3H3,(H,19,22)(H,20,24);(H,6,7). The van der Waals surface area contributed by atoms with Crippen molar-refractivity contribution in [1.29, 1.82) is 0 Å². The van der Waals surface area contributed by atoms with Crippen LogP contribution in [0.2, 0.25) is 0 Å². The Hall–Kier alpha value is -3.15. The van der Waals surface area contributed by atoms with Gasteiger partial charge >= 0.3 is 18.2 Å². The van der Waals surface area contributed by atoms with Gasteiger partial charge < -0.3 is 25.1 Å². The first kappa shape index (κ1) is 26.9. The van der Waals surface area contributed by atoms with E-state index in [2.05, 4.69) is 39.6 Å². The lowest BCUT2D eigenvalue weighted by Gasteiger charge is -2.17. The van der Waals surface area contributed by atoms with Gasteiger partial charge in [-0.05, 0) is 50.3 Å². The molecule has 0 radical (unpaired) electrons. The van der Waals surface area contributed by atoms with E-state index in [1.54, 1.807) is 0 Å². The fraction of sp³-hybridized carbons (Fsp3) is 0.500. The first-order valence-electron chi connectivity index (χ1n) is 10.1. The Kier molecular flexibility index (Phi) is 11.2. The summed E-state index contributed by atoms with van der Waals surface area (Å²) < 4.78 is 37.4. The minimum Gasteiger partial charge on any atom is -0.475 e. The maximum Gasteiger partial charge on any atom is 0.490 e. The lowest BCUT2D eigenvalue weighted by molar-refractivity contribution is -0.192. The Morgan fingerprint density at radius 1 is 1.09 bits per heavy atom. The molecule has 3 N–H and O–H groups in total. The Balaban J connectivity index is 0.000000633. The fourth-order valence-electron chi connectivity index (χ4n) is 2.39. The van der Waals surface area contributed by atoms with Crippen molar-refractivity contribution in [3.8, 4) is 11.5 Å². The first-order chi connectivity index (χ1) is 15.1. The number of anilines is 2. The number of carboxylic acids is 1. The molecule has 0 spiro atoms. The van der Waals surface area contributed by atoms with Crippen LogP contribution in [0.5, 0.6) is 0 Å². The predicted molar refractivity (Wildman–Crippen MR) is 113 cm³/mol. The van der Waals surface area contributed by atoms with Crippen LogP contribution >= 0.6 is 0 Å². The molecule has 1 aromatic carbocycles. The molecule has 2 rings (SSSR count). The molecule has 0 bridgehead atoms. The van der Waals surface area contributed by atoms with E-state index >= 15 is 0 Å². The van der Waals surface area contributed by atoms with Crippen molar-refractivity contribution in [3.63, 3.8) is 0 Å². The highest BCUT2D eigenvalue weighted by Gasteiger charge is 2.38. The third-order valence-electron chi connectivity index (χ3n) is 4.23. The van der Waals surface area contributed by atoms with E-state index in [1.807, 2.05) is 31.2 Å². The van der Waals surface area contributed by atoms with E-state index in [0.29, 0.717) is 18.3 Å². The van der Waals surface area contributed by atoms with Crippen molar-refractivity contribution in [2.24, 2.45) is 0 Å². The van der Waals surface area contributed by atoms with Crippen LogP contribution in [-0.4, -0.2) is 64.4 Å². The SMILES string of the molecule is CCC(=O)Nc1ccc(-c2nnc(NCCCN(CC)CC)o2)cc1.O=C(O)C(F)(F)F. The second-order valence-corrected chi connectivity index (χ2v) is 6.50. The molecule has 0 aliphatic rings. The van der Waals surface area contributed by atoms with Crippen LogP contribution in [-0.2, 0) is 9.59 Å². The van der Waals surface area contributed by atoms with E-state index < -0.39 is 12.1 Å². The van der Waals surface area contributed by atoms with Crippen molar-refractivity contribution in [3.05, 3.63) is 24.3 Å². The largest absolute Gasteiger partial charge is 0.490 e. The molecular weight excluding hydrogens is 431 g/mol. The number of aliphatic carboxylic acids is 1. The monoisotopic (exact) mass is 459 g/mol. The second-order valence-electron chi connectivity index (χ2n) is 6.50. The number of alkyl halides is 3. The number of hydrogen-bond donors (Lipinski definition) is 3. The molecule has 0 saturated carbocycles. The summed E-state index contributed by atoms with van der Waals surface area (Å²) in [5.41, 5.74) is 1.57. The second kappa shape index (κ2) is 13.3. The average Bonchev–Trinajstić information content (AvgIpc) is 3.23. The molecule has 1 aromatic heterocycles. The van der Waals surface area contributed by atoms with Gasteiger partial charge in [0.15, 0.2) is 0 Å². The van der Waals surface area contributed by atoms with Crippen LogP contribution in [0.15, 0.2) is 28.7 Å². The predicted octanol–water partition coefficient (Wildman–Crippen LogP) is 3.86. The minimum absolute atomic E-state index is 0.0123. The summed E-state index contributed by atoms with van der Waals surface area (Å²) in [5, 5.41) is 21.2. The Morgan fingerprint density at radius 2 is 1.69 bits per heavy atom. The number of carboxylic acid groups (broad SMARTS) is 1. The van der Waals surface area contributed by atoms with Gasteiger partial charge in [0.05, 0.1) is 0 Å². The summed E-state index contributed by atoms with van der Waals surface area (Å²) in [6, 6.07) is 7.78. The van der Waals surface area contributed by atoms with Crippen molar-refractivity contribution in [1.82, 2.24) is 15.1 Å². The molecule has 2 aromatic rings. The molecular formula is C20H28F3N5O4. The Labute approximate surface area is 184 Å². The summed E-state index contributed by atoms with van der Waals surface area (Å²) in [5.74, 6) is -2.31. The van der Waals surface area contributed by atoms with Crippen LogP contribution in [0.3, 0.4) is 0 Å². The van der Waals surface area contributed by atoms with E-state index in [1.165, 1.54) is 0 Å². The summed E-state index contributed by atoms with van der Waals surface area (Å²) in [4.78, 5) is 22.7. The van der Waals surface area contributed by atoms with Gasteiger partial charge in [0, 0.05) is 24.2 Å². The third-order valence-corrected chi connectivity index (χ3v) is 4.23. The number of nitrogens with zero attached hydrogens (tertiary/aromatic N) is 3. The van der Waals surface area contributed by atoms with Crippen LogP contribution in [0.4, 0.5) is 24.9 Å².